The minimum absolute atomic E-state index is 0.172. The van der Waals surface area contributed by atoms with Gasteiger partial charge < -0.3 is 4.74 Å². The van der Waals surface area contributed by atoms with E-state index in [-0.39, 0.29) is 5.97 Å². The van der Waals surface area contributed by atoms with E-state index in [2.05, 4.69) is 0 Å². The van der Waals surface area contributed by atoms with Crippen LogP contribution < -0.4 is 0 Å². The molecule has 1 rings (SSSR count). The van der Waals surface area contributed by atoms with Gasteiger partial charge in [-0.15, -0.1) is 11.3 Å². The maximum Gasteiger partial charge on any atom is 0.348 e. The van der Waals surface area contributed by atoms with Crippen LogP contribution in [-0.4, -0.2) is 12.6 Å². The Morgan fingerprint density at radius 1 is 1.54 bits per heavy atom. The lowest BCUT2D eigenvalue weighted by molar-refractivity contribution is 0.0510. The summed E-state index contributed by atoms with van der Waals surface area (Å²) in [6, 6.07) is 1.98. The van der Waals surface area contributed by atoms with Gasteiger partial charge >= 0.3 is 5.97 Å². The number of ether oxygens (including phenoxy) is 1. The predicted octanol–water partition coefficient (Wildman–Crippen LogP) is 2.88. The number of hydrogen-bond acceptors (Lipinski definition) is 3. The van der Waals surface area contributed by atoms with Gasteiger partial charge in [0.1, 0.15) is 4.88 Å². The van der Waals surface area contributed by atoms with Crippen LogP contribution in [0.3, 0.4) is 0 Å². The van der Waals surface area contributed by atoms with Crippen LogP contribution in [0.15, 0.2) is 11.4 Å². The maximum atomic E-state index is 11.4. The zero-order valence-corrected chi connectivity index (χ0v) is 8.82. The fourth-order valence-electron chi connectivity index (χ4n) is 1.05. The molecule has 0 spiro atoms. The molecule has 0 radical (unpaired) electrons. The number of thiophene rings is 1. The number of aryl methyl sites for hydroxylation is 1. The normalized spacial score (nSPS) is 10.0. The number of rotatable bonds is 4. The molecule has 0 saturated heterocycles. The summed E-state index contributed by atoms with van der Waals surface area (Å²) in [5.74, 6) is -0.172. The molecule has 0 unspecified atom stereocenters. The van der Waals surface area contributed by atoms with E-state index in [1.165, 1.54) is 11.3 Å². The van der Waals surface area contributed by atoms with Gasteiger partial charge in [0.05, 0.1) is 6.61 Å². The lowest BCUT2D eigenvalue weighted by Crippen LogP contribution is -2.05. The molecule has 0 fully saturated rings. The summed E-state index contributed by atoms with van der Waals surface area (Å²) < 4.78 is 5.05. The van der Waals surface area contributed by atoms with Crippen LogP contribution in [0.5, 0.6) is 0 Å². The van der Waals surface area contributed by atoms with E-state index in [4.69, 9.17) is 4.74 Å². The van der Waals surface area contributed by atoms with Gasteiger partial charge in [-0.1, -0.05) is 13.8 Å². The highest BCUT2D eigenvalue weighted by Crippen LogP contribution is 2.18. The third-order valence-electron chi connectivity index (χ3n) is 1.75. The smallest absolute Gasteiger partial charge is 0.348 e. The summed E-state index contributed by atoms with van der Waals surface area (Å²) in [4.78, 5) is 12.2. The molecular weight excluding hydrogens is 184 g/mol. The standard InChI is InChI=1S/C10H14O2S/c1-3-6-12-10(11)9-8(4-2)5-7-13-9/h5,7H,3-4,6H2,1-2H3. The van der Waals surface area contributed by atoms with Crippen LogP contribution >= 0.6 is 11.3 Å². The van der Waals surface area contributed by atoms with Crippen molar-refractivity contribution in [2.45, 2.75) is 26.7 Å². The topological polar surface area (TPSA) is 26.3 Å². The second kappa shape index (κ2) is 5.02. The molecule has 3 heteroatoms. The molecule has 1 aromatic rings. The number of carbonyl (C=O) groups is 1. The average Bonchev–Trinajstić information content (AvgIpc) is 2.61. The first-order valence-electron chi connectivity index (χ1n) is 4.53. The molecule has 1 aromatic heterocycles. The highest BCUT2D eigenvalue weighted by molar-refractivity contribution is 7.12. The largest absolute Gasteiger partial charge is 0.462 e. The van der Waals surface area contributed by atoms with Crippen molar-refractivity contribution in [3.05, 3.63) is 21.9 Å². The third kappa shape index (κ3) is 2.56. The van der Waals surface area contributed by atoms with E-state index in [1.807, 2.05) is 25.3 Å². The first kappa shape index (κ1) is 10.3. The molecule has 72 valence electrons. The van der Waals surface area contributed by atoms with Gasteiger partial charge in [0, 0.05) is 0 Å². The molecule has 1 heterocycles. The second-order valence-electron chi connectivity index (χ2n) is 2.76. The molecule has 0 aliphatic heterocycles. The Hall–Kier alpha value is -0.830. The van der Waals surface area contributed by atoms with Gasteiger partial charge in [0.15, 0.2) is 0 Å². The van der Waals surface area contributed by atoms with Gasteiger partial charge in [-0.3, -0.25) is 0 Å². The molecule has 0 saturated carbocycles. The van der Waals surface area contributed by atoms with E-state index in [9.17, 15) is 4.79 Å². The van der Waals surface area contributed by atoms with Crippen LogP contribution in [0.4, 0.5) is 0 Å². The summed E-state index contributed by atoms with van der Waals surface area (Å²) in [6.07, 6.45) is 1.76. The molecule has 0 atom stereocenters. The van der Waals surface area contributed by atoms with E-state index in [0.29, 0.717) is 6.61 Å². The highest BCUT2D eigenvalue weighted by Gasteiger charge is 2.12. The second-order valence-corrected chi connectivity index (χ2v) is 3.68. The van der Waals surface area contributed by atoms with Gasteiger partial charge in [-0.2, -0.15) is 0 Å². The Labute approximate surface area is 82.5 Å². The fourth-order valence-corrected chi connectivity index (χ4v) is 1.94. The van der Waals surface area contributed by atoms with Crippen molar-refractivity contribution in [1.82, 2.24) is 0 Å². The maximum absolute atomic E-state index is 11.4. The molecule has 13 heavy (non-hydrogen) atoms. The van der Waals surface area contributed by atoms with E-state index < -0.39 is 0 Å². The summed E-state index contributed by atoms with van der Waals surface area (Å²) in [6.45, 7) is 4.54. The van der Waals surface area contributed by atoms with Crippen LogP contribution in [0.1, 0.15) is 35.5 Å². The number of hydrogen-bond donors (Lipinski definition) is 0. The minimum atomic E-state index is -0.172. The Balaban J connectivity index is 2.65. The molecular formula is C10H14O2S. The number of carbonyl (C=O) groups excluding carboxylic acids is 1. The molecule has 0 amide bonds. The van der Waals surface area contributed by atoms with Crippen molar-refractivity contribution >= 4 is 17.3 Å². The highest BCUT2D eigenvalue weighted by atomic mass is 32.1. The molecule has 0 aromatic carbocycles. The fraction of sp³-hybridized carbons (Fsp3) is 0.500. The van der Waals surface area contributed by atoms with E-state index >= 15 is 0 Å². The van der Waals surface area contributed by atoms with Crippen molar-refractivity contribution < 1.29 is 9.53 Å². The van der Waals surface area contributed by atoms with Gasteiger partial charge in [0.25, 0.3) is 0 Å². The summed E-state index contributed by atoms with van der Waals surface area (Å²) in [5.41, 5.74) is 1.09. The lowest BCUT2D eigenvalue weighted by Gasteiger charge is -2.02. The summed E-state index contributed by atoms with van der Waals surface area (Å²) in [5, 5.41) is 1.93. The van der Waals surface area contributed by atoms with Gasteiger partial charge in [-0.05, 0) is 29.9 Å². The Morgan fingerprint density at radius 3 is 2.92 bits per heavy atom. The van der Waals surface area contributed by atoms with E-state index in [0.717, 1.165) is 23.3 Å². The van der Waals surface area contributed by atoms with E-state index in [1.54, 1.807) is 0 Å². The quantitative estimate of drug-likeness (QED) is 0.695. The molecule has 2 nitrogen and oxygen atoms in total. The zero-order valence-electron chi connectivity index (χ0n) is 8.00. The number of esters is 1. The van der Waals surface area contributed by atoms with Gasteiger partial charge in [0.2, 0.25) is 0 Å². The summed E-state index contributed by atoms with van der Waals surface area (Å²) in [7, 11) is 0. The Bertz CT molecular complexity index is 278. The molecule has 0 bridgehead atoms. The lowest BCUT2D eigenvalue weighted by atomic mass is 10.2. The van der Waals surface area contributed by atoms with Crippen molar-refractivity contribution in [3.8, 4) is 0 Å². The van der Waals surface area contributed by atoms with Crippen molar-refractivity contribution in [2.75, 3.05) is 6.61 Å². The van der Waals surface area contributed by atoms with Crippen molar-refractivity contribution in [3.63, 3.8) is 0 Å². The average molecular weight is 198 g/mol. The predicted molar refractivity (Wildman–Crippen MR) is 54.3 cm³/mol. The Kier molecular flexibility index (Phi) is 3.96. The zero-order chi connectivity index (χ0) is 9.68. The van der Waals surface area contributed by atoms with Crippen LogP contribution in [0.2, 0.25) is 0 Å². The van der Waals surface area contributed by atoms with Crippen LogP contribution in [0, 0.1) is 0 Å². The first-order chi connectivity index (χ1) is 6.29. The van der Waals surface area contributed by atoms with Crippen molar-refractivity contribution in [2.24, 2.45) is 0 Å². The third-order valence-corrected chi connectivity index (χ3v) is 2.69. The first-order valence-corrected chi connectivity index (χ1v) is 5.41. The monoisotopic (exact) mass is 198 g/mol. The van der Waals surface area contributed by atoms with Crippen LogP contribution in [-0.2, 0) is 11.2 Å². The van der Waals surface area contributed by atoms with Crippen molar-refractivity contribution in [1.29, 1.82) is 0 Å². The SMILES string of the molecule is CCCOC(=O)c1sccc1CC. The summed E-state index contributed by atoms with van der Waals surface area (Å²) >= 11 is 1.46. The Morgan fingerprint density at radius 2 is 2.31 bits per heavy atom. The molecule has 0 aliphatic carbocycles. The molecule has 0 aliphatic rings. The minimum Gasteiger partial charge on any atom is -0.462 e. The van der Waals surface area contributed by atoms with Gasteiger partial charge in [-0.25, -0.2) is 4.79 Å². The van der Waals surface area contributed by atoms with Crippen LogP contribution in [0.25, 0.3) is 0 Å². The molecule has 0 N–H and O–H groups in total.